The van der Waals surface area contributed by atoms with Crippen LogP contribution in [0.3, 0.4) is 0 Å². The summed E-state index contributed by atoms with van der Waals surface area (Å²) in [5.41, 5.74) is 0.466. The van der Waals surface area contributed by atoms with Gasteiger partial charge in [-0.2, -0.15) is 0 Å². The van der Waals surface area contributed by atoms with Gasteiger partial charge in [0.2, 0.25) is 10.0 Å². The molecule has 1 aromatic carbocycles. The lowest BCUT2D eigenvalue weighted by molar-refractivity contribution is 0.350. The van der Waals surface area contributed by atoms with Crippen molar-refractivity contribution in [3.63, 3.8) is 0 Å². The molecule has 1 aromatic rings. The van der Waals surface area contributed by atoms with Crippen LogP contribution in [-0.2, 0) is 19.9 Å². The molecule has 1 rings (SSSR count). The van der Waals surface area contributed by atoms with Gasteiger partial charge in [-0.3, -0.25) is 4.72 Å². The van der Waals surface area contributed by atoms with Crippen LogP contribution in [0.2, 0.25) is 5.02 Å². The lowest BCUT2D eigenvalue weighted by Gasteiger charge is -2.09. The quantitative estimate of drug-likeness (QED) is 0.751. The van der Waals surface area contributed by atoms with E-state index in [0.717, 1.165) is 6.26 Å². The average molecular weight is 352 g/mol. The van der Waals surface area contributed by atoms with Crippen LogP contribution in [0.25, 0.3) is 0 Å². The van der Waals surface area contributed by atoms with E-state index in [4.69, 9.17) is 16.7 Å². The van der Waals surface area contributed by atoms with E-state index in [0.29, 0.717) is 10.6 Å². The molecule has 116 valence electrons. The van der Waals surface area contributed by atoms with Crippen molar-refractivity contribution in [1.82, 2.24) is 0 Å². The molecule has 0 radical (unpaired) electrons. The number of nitrogens with one attached hydrogen (secondary N) is 1. The fraction of sp³-hybridized carbons (Fsp3) is 0.333. The summed E-state index contributed by atoms with van der Waals surface area (Å²) in [6.07, 6.45) is 0.961. The summed E-state index contributed by atoms with van der Waals surface area (Å²) in [5, 5.41) is 9.04. The smallest absolute Gasteiger partial charge is 0.233 e. The van der Waals surface area contributed by atoms with Gasteiger partial charge in [-0.1, -0.05) is 23.4 Å². The molecule has 6 nitrogen and oxygen atoms in total. The number of aliphatic hydroxyl groups excluding tert-OH is 1. The van der Waals surface area contributed by atoms with Crippen molar-refractivity contribution in [3.8, 4) is 11.8 Å². The molecule has 0 unspecified atom stereocenters. The molecule has 0 amide bonds. The molecule has 9 heteroatoms. The summed E-state index contributed by atoms with van der Waals surface area (Å²) in [7, 11) is -7.21. The van der Waals surface area contributed by atoms with E-state index in [1.807, 2.05) is 0 Å². The molecular weight excluding hydrogens is 338 g/mol. The van der Waals surface area contributed by atoms with Gasteiger partial charge in [0.25, 0.3) is 0 Å². The Morgan fingerprint density at radius 2 is 1.90 bits per heavy atom. The molecule has 21 heavy (non-hydrogen) atoms. The number of hydrogen-bond acceptors (Lipinski definition) is 5. The minimum atomic E-state index is -3.83. The van der Waals surface area contributed by atoms with E-state index in [9.17, 15) is 16.8 Å². The largest absolute Gasteiger partial charge is 0.384 e. The Morgan fingerprint density at radius 1 is 1.24 bits per heavy atom. The molecule has 2 N–H and O–H groups in total. The van der Waals surface area contributed by atoms with Crippen LogP contribution in [0.15, 0.2) is 18.2 Å². The Balaban J connectivity index is 3.01. The monoisotopic (exact) mass is 351 g/mol. The fourth-order valence-corrected chi connectivity index (χ4v) is 4.20. The zero-order valence-corrected chi connectivity index (χ0v) is 13.5. The van der Waals surface area contributed by atoms with Crippen molar-refractivity contribution in [3.05, 3.63) is 28.8 Å². The minimum absolute atomic E-state index is 0.175. The van der Waals surface area contributed by atoms with Crippen LogP contribution in [0, 0.1) is 11.8 Å². The van der Waals surface area contributed by atoms with Gasteiger partial charge in [0.15, 0.2) is 0 Å². The molecule has 0 fully saturated rings. The third-order valence-corrected chi connectivity index (χ3v) is 4.98. The number of benzene rings is 1. The second kappa shape index (κ2) is 7.13. The number of sulfone groups is 1. The molecule has 0 saturated carbocycles. The molecule has 0 atom stereocenters. The summed E-state index contributed by atoms with van der Waals surface area (Å²) in [4.78, 5) is 0. The third kappa shape index (κ3) is 6.82. The zero-order chi connectivity index (χ0) is 16.1. The molecule has 0 bridgehead atoms. The first-order valence-corrected chi connectivity index (χ1v) is 9.79. The van der Waals surface area contributed by atoms with E-state index >= 15 is 0 Å². The van der Waals surface area contributed by atoms with Crippen LogP contribution in [0.4, 0.5) is 5.69 Å². The first kappa shape index (κ1) is 17.8. The van der Waals surface area contributed by atoms with Crippen molar-refractivity contribution in [2.45, 2.75) is 0 Å². The second-order valence-electron chi connectivity index (χ2n) is 4.20. The van der Waals surface area contributed by atoms with Gasteiger partial charge < -0.3 is 5.11 Å². The highest BCUT2D eigenvalue weighted by molar-refractivity contribution is 7.95. The van der Waals surface area contributed by atoms with Gasteiger partial charge in [0.05, 0.1) is 22.8 Å². The number of sulfonamides is 1. The van der Waals surface area contributed by atoms with Gasteiger partial charge in [0.1, 0.15) is 16.4 Å². The molecule has 0 saturated heterocycles. The molecule has 0 spiro atoms. The molecule has 0 heterocycles. The van der Waals surface area contributed by atoms with Gasteiger partial charge in [0, 0.05) is 11.3 Å². The number of aliphatic hydroxyl groups is 1. The summed E-state index contributed by atoms with van der Waals surface area (Å²) in [6.45, 7) is -0.382. The summed E-state index contributed by atoms with van der Waals surface area (Å²) in [5.74, 6) is 3.93. The predicted octanol–water partition coefficient (Wildman–Crippen LogP) is 0.470. The summed E-state index contributed by atoms with van der Waals surface area (Å²) < 4.78 is 48.0. The lowest BCUT2D eigenvalue weighted by atomic mass is 10.2. The Kier molecular flexibility index (Phi) is 6.04. The highest BCUT2D eigenvalue weighted by Gasteiger charge is 2.16. The Labute approximate surface area is 129 Å². The highest BCUT2D eigenvalue weighted by Crippen LogP contribution is 2.21. The van der Waals surface area contributed by atoms with Crippen LogP contribution in [0.1, 0.15) is 5.56 Å². The van der Waals surface area contributed by atoms with Crippen molar-refractivity contribution in [2.24, 2.45) is 0 Å². The normalized spacial score (nSPS) is 11.6. The minimum Gasteiger partial charge on any atom is -0.384 e. The Bertz CT molecular complexity index is 776. The summed E-state index contributed by atoms with van der Waals surface area (Å²) in [6, 6.07) is 4.33. The second-order valence-corrected chi connectivity index (χ2v) is 8.74. The van der Waals surface area contributed by atoms with Crippen LogP contribution < -0.4 is 4.72 Å². The predicted molar refractivity (Wildman–Crippen MR) is 82.5 cm³/mol. The van der Waals surface area contributed by atoms with Gasteiger partial charge in [-0.15, -0.1) is 0 Å². The number of rotatable bonds is 5. The van der Waals surface area contributed by atoms with E-state index < -0.39 is 31.4 Å². The number of hydrogen-bond donors (Lipinski definition) is 2. The van der Waals surface area contributed by atoms with E-state index in [2.05, 4.69) is 16.6 Å². The standard InChI is InChI=1S/C12H14ClNO5S2/c1-20(16,17)7-8-21(18,19)14-12-5-4-11(13)9-10(12)3-2-6-15/h4-5,9,14-15H,6-8H2,1H3. The summed E-state index contributed by atoms with van der Waals surface area (Å²) >= 11 is 5.80. The van der Waals surface area contributed by atoms with Gasteiger partial charge >= 0.3 is 0 Å². The van der Waals surface area contributed by atoms with Crippen LogP contribution in [-0.4, -0.2) is 46.3 Å². The number of halogens is 1. The maximum Gasteiger partial charge on any atom is 0.233 e. The van der Waals surface area contributed by atoms with Crippen molar-refractivity contribution >= 4 is 37.1 Å². The van der Waals surface area contributed by atoms with E-state index in [1.165, 1.54) is 18.2 Å². The van der Waals surface area contributed by atoms with Crippen LogP contribution in [0.5, 0.6) is 0 Å². The van der Waals surface area contributed by atoms with Crippen molar-refractivity contribution < 1.29 is 21.9 Å². The molecule has 0 aromatic heterocycles. The first-order valence-electron chi connectivity index (χ1n) is 5.70. The zero-order valence-electron chi connectivity index (χ0n) is 11.1. The number of anilines is 1. The topological polar surface area (TPSA) is 101 Å². The van der Waals surface area contributed by atoms with Crippen molar-refractivity contribution in [1.29, 1.82) is 0 Å². The molecule has 0 aliphatic rings. The third-order valence-electron chi connectivity index (χ3n) is 2.27. The maximum atomic E-state index is 11.9. The van der Waals surface area contributed by atoms with Gasteiger partial charge in [-0.05, 0) is 18.2 Å². The first-order chi connectivity index (χ1) is 9.63. The Hall–Kier alpha value is -1.27. The molecular formula is C12H14ClNO5S2. The van der Waals surface area contributed by atoms with E-state index in [1.54, 1.807) is 0 Å². The Morgan fingerprint density at radius 3 is 2.48 bits per heavy atom. The average Bonchev–Trinajstić information content (AvgIpc) is 2.36. The van der Waals surface area contributed by atoms with Gasteiger partial charge in [-0.25, -0.2) is 16.8 Å². The fourth-order valence-electron chi connectivity index (χ4n) is 1.32. The maximum absolute atomic E-state index is 11.9. The SMILES string of the molecule is CS(=O)(=O)CCS(=O)(=O)Nc1ccc(Cl)cc1C#CCO. The highest BCUT2D eigenvalue weighted by atomic mass is 35.5. The van der Waals surface area contributed by atoms with Crippen LogP contribution >= 0.6 is 11.6 Å². The lowest BCUT2D eigenvalue weighted by Crippen LogP contribution is -2.22. The van der Waals surface area contributed by atoms with Crippen molar-refractivity contribution in [2.75, 3.05) is 29.1 Å². The van der Waals surface area contributed by atoms with E-state index in [-0.39, 0.29) is 12.3 Å². The molecule has 0 aliphatic heterocycles. The molecule has 0 aliphatic carbocycles.